The highest BCUT2D eigenvalue weighted by molar-refractivity contribution is 7.16. The number of hydrogen-bond acceptors (Lipinski definition) is 6. The van der Waals surface area contributed by atoms with Crippen molar-refractivity contribution in [2.24, 2.45) is 0 Å². The van der Waals surface area contributed by atoms with Crippen LogP contribution in [-0.2, 0) is 6.54 Å². The van der Waals surface area contributed by atoms with E-state index in [9.17, 15) is 0 Å². The average molecular weight is 246 g/mol. The standard InChI is InChI=1S/C11H10N4OS/c12-11-14-9(8-2-4-17-10(8)15-11)13-5-7-1-3-16-6-7/h1-4,6H,5H2,(H3,12,13,14,15). The largest absolute Gasteiger partial charge is 0.472 e. The van der Waals surface area contributed by atoms with Crippen molar-refractivity contribution in [2.45, 2.75) is 6.54 Å². The molecular weight excluding hydrogens is 236 g/mol. The molecule has 3 aromatic rings. The normalized spacial score (nSPS) is 10.8. The number of nitrogens with one attached hydrogen (secondary N) is 1. The van der Waals surface area contributed by atoms with Gasteiger partial charge in [-0.1, -0.05) is 0 Å². The number of fused-ring (bicyclic) bond motifs is 1. The van der Waals surface area contributed by atoms with E-state index in [1.807, 2.05) is 17.5 Å². The fourth-order valence-electron chi connectivity index (χ4n) is 1.59. The number of aromatic nitrogens is 2. The van der Waals surface area contributed by atoms with Crippen LogP contribution in [0.2, 0.25) is 0 Å². The number of rotatable bonds is 3. The van der Waals surface area contributed by atoms with Crippen LogP contribution in [0.25, 0.3) is 10.2 Å². The minimum absolute atomic E-state index is 0.287. The molecule has 0 fully saturated rings. The molecule has 3 heterocycles. The van der Waals surface area contributed by atoms with Crippen molar-refractivity contribution in [2.75, 3.05) is 11.1 Å². The van der Waals surface area contributed by atoms with Crippen molar-refractivity contribution < 1.29 is 4.42 Å². The molecule has 5 nitrogen and oxygen atoms in total. The summed E-state index contributed by atoms with van der Waals surface area (Å²) in [6.45, 7) is 0.651. The third kappa shape index (κ3) is 1.94. The van der Waals surface area contributed by atoms with Gasteiger partial charge in [0.2, 0.25) is 5.95 Å². The van der Waals surface area contributed by atoms with E-state index in [2.05, 4.69) is 15.3 Å². The highest BCUT2D eigenvalue weighted by Crippen LogP contribution is 2.25. The van der Waals surface area contributed by atoms with Crippen LogP contribution in [0.15, 0.2) is 34.5 Å². The zero-order valence-corrected chi connectivity index (χ0v) is 9.70. The lowest BCUT2D eigenvalue weighted by Crippen LogP contribution is -2.03. The van der Waals surface area contributed by atoms with E-state index in [1.165, 1.54) is 0 Å². The van der Waals surface area contributed by atoms with Gasteiger partial charge in [-0.25, -0.2) is 4.98 Å². The van der Waals surface area contributed by atoms with Gasteiger partial charge in [0.25, 0.3) is 0 Å². The molecule has 0 saturated heterocycles. The highest BCUT2D eigenvalue weighted by Gasteiger charge is 2.07. The first-order valence-electron chi connectivity index (χ1n) is 5.08. The van der Waals surface area contributed by atoms with E-state index in [0.29, 0.717) is 6.54 Å². The maximum atomic E-state index is 5.66. The third-order valence-electron chi connectivity index (χ3n) is 2.38. The molecule has 0 amide bonds. The van der Waals surface area contributed by atoms with Gasteiger partial charge in [-0.15, -0.1) is 11.3 Å². The van der Waals surface area contributed by atoms with Crippen molar-refractivity contribution in [3.8, 4) is 0 Å². The van der Waals surface area contributed by atoms with Crippen molar-refractivity contribution in [3.63, 3.8) is 0 Å². The summed E-state index contributed by atoms with van der Waals surface area (Å²) in [5.41, 5.74) is 6.72. The molecule has 0 aliphatic rings. The second kappa shape index (κ2) is 4.06. The Hall–Kier alpha value is -2.08. The predicted octanol–water partition coefficient (Wildman–Crippen LogP) is 2.48. The van der Waals surface area contributed by atoms with Gasteiger partial charge < -0.3 is 15.5 Å². The van der Waals surface area contributed by atoms with Crippen molar-refractivity contribution in [1.82, 2.24) is 9.97 Å². The number of furan rings is 1. The Kier molecular flexibility index (Phi) is 2.41. The molecule has 6 heteroatoms. The summed E-state index contributed by atoms with van der Waals surface area (Å²) in [4.78, 5) is 9.27. The van der Waals surface area contributed by atoms with E-state index >= 15 is 0 Å². The number of thiophene rings is 1. The van der Waals surface area contributed by atoms with Gasteiger partial charge in [-0.3, -0.25) is 0 Å². The molecule has 0 aromatic carbocycles. The summed E-state index contributed by atoms with van der Waals surface area (Å²) < 4.78 is 5.00. The van der Waals surface area contributed by atoms with Crippen LogP contribution < -0.4 is 11.1 Å². The Balaban J connectivity index is 1.91. The first-order valence-corrected chi connectivity index (χ1v) is 5.96. The first-order chi connectivity index (χ1) is 8.33. The van der Waals surface area contributed by atoms with Crippen LogP contribution in [0.5, 0.6) is 0 Å². The van der Waals surface area contributed by atoms with E-state index < -0.39 is 0 Å². The molecule has 17 heavy (non-hydrogen) atoms. The van der Waals surface area contributed by atoms with Crippen LogP contribution in [0.3, 0.4) is 0 Å². The monoisotopic (exact) mass is 246 g/mol. The van der Waals surface area contributed by atoms with Crippen molar-refractivity contribution in [3.05, 3.63) is 35.6 Å². The second-order valence-corrected chi connectivity index (χ2v) is 4.45. The zero-order valence-electron chi connectivity index (χ0n) is 8.88. The Morgan fingerprint density at radius 3 is 3.12 bits per heavy atom. The number of anilines is 2. The van der Waals surface area contributed by atoms with E-state index in [4.69, 9.17) is 10.2 Å². The molecule has 0 atom stereocenters. The van der Waals surface area contributed by atoms with Crippen LogP contribution in [0.1, 0.15) is 5.56 Å². The Bertz CT molecular complexity index is 632. The van der Waals surface area contributed by atoms with Crippen LogP contribution in [0, 0.1) is 0 Å². The Morgan fingerprint density at radius 1 is 1.35 bits per heavy atom. The van der Waals surface area contributed by atoms with E-state index in [-0.39, 0.29) is 5.95 Å². The summed E-state index contributed by atoms with van der Waals surface area (Å²) in [6, 6.07) is 3.89. The quantitative estimate of drug-likeness (QED) is 0.742. The fourth-order valence-corrected chi connectivity index (χ4v) is 2.36. The van der Waals surface area contributed by atoms with E-state index in [0.717, 1.165) is 21.6 Å². The Morgan fingerprint density at radius 2 is 2.29 bits per heavy atom. The lowest BCUT2D eigenvalue weighted by atomic mass is 10.3. The second-order valence-electron chi connectivity index (χ2n) is 3.55. The van der Waals surface area contributed by atoms with Crippen LogP contribution in [0.4, 0.5) is 11.8 Å². The molecule has 0 spiro atoms. The molecule has 0 aliphatic heterocycles. The molecule has 3 rings (SSSR count). The lowest BCUT2D eigenvalue weighted by molar-refractivity contribution is 0.564. The molecule has 0 radical (unpaired) electrons. The zero-order chi connectivity index (χ0) is 11.7. The van der Waals surface area contributed by atoms with Gasteiger partial charge in [-0.2, -0.15) is 4.98 Å². The van der Waals surface area contributed by atoms with Gasteiger partial charge in [0, 0.05) is 12.1 Å². The topological polar surface area (TPSA) is 77.0 Å². The maximum absolute atomic E-state index is 5.66. The Labute approximate surface area is 101 Å². The molecule has 3 aromatic heterocycles. The smallest absolute Gasteiger partial charge is 0.223 e. The van der Waals surface area contributed by atoms with Crippen LogP contribution in [-0.4, -0.2) is 9.97 Å². The molecule has 3 N–H and O–H groups in total. The highest BCUT2D eigenvalue weighted by atomic mass is 32.1. The fraction of sp³-hybridized carbons (Fsp3) is 0.0909. The van der Waals surface area contributed by atoms with Gasteiger partial charge in [0.15, 0.2) is 0 Å². The molecule has 0 bridgehead atoms. The molecule has 0 unspecified atom stereocenters. The number of nitrogens with two attached hydrogens (primary N) is 1. The summed E-state index contributed by atoms with van der Waals surface area (Å²) in [7, 11) is 0. The maximum Gasteiger partial charge on any atom is 0.223 e. The lowest BCUT2D eigenvalue weighted by Gasteiger charge is -2.05. The molecule has 86 valence electrons. The van der Waals surface area contributed by atoms with Crippen molar-refractivity contribution in [1.29, 1.82) is 0 Å². The number of hydrogen-bond donors (Lipinski definition) is 2. The molecule has 0 saturated carbocycles. The van der Waals surface area contributed by atoms with Gasteiger partial charge in [-0.05, 0) is 17.5 Å². The summed E-state index contributed by atoms with van der Waals surface area (Å²) >= 11 is 1.55. The molecule has 0 aliphatic carbocycles. The predicted molar refractivity (Wildman–Crippen MR) is 67.9 cm³/mol. The van der Waals surface area contributed by atoms with Gasteiger partial charge in [0.05, 0.1) is 17.9 Å². The summed E-state index contributed by atoms with van der Waals surface area (Å²) in [5, 5.41) is 6.20. The minimum atomic E-state index is 0.287. The van der Waals surface area contributed by atoms with Gasteiger partial charge in [0.1, 0.15) is 10.6 Å². The minimum Gasteiger partial charge on any atom is -0.472 e. The molecular formula is C11H10N4OS. The SMILES string of the molecule is Nc1nc(NCc2ccoc2)c2ccsc2n1. The third-order valence-corrected chi connectivity index (χ3v) is 3.19. The van der Waals surface area contributed by atoms with Crippen LogP contribution >= 0.6 is 11.3 Å². The number of nitrogen functional groups attached to an aromatic ring is 1. The first kappa shape index (κ1) is 10.1. The summed E-state index contributed by atoms with van der Waals surface area (Å²) in [6.07, 6.45) is 3.34. The van der Waals surface area contributed by atoms with Gasteiger partial charge >= 0.3 is 0 Å². The van der Waals surface area contributed by atoms with Crippen molar-refractivity contribution >= 4 is 33.3 Å². The average Bonchev–Trinajstić information content (AvgIpc) is 2.95. The number of nitrogens with zero attached hydrogens (tertiary/aromatic N) is 2. The van der Waals surface area contributed by atoms with E-state index in [1.54, 1.807) is 23.9 Å². The summed E-state index contributed by atoms with van der Waals surface area (Å²) in [5.74, 6) is 1.05.